The summed E-state index contributed by atoms with van der Waals surface area (Å²) in [5, 5.41) is 17.7. The van der Waals surface area contributed by atoms with Gasteiger partial charge in [0.05, 0.1) is 6.61 Å². The number of rotatable bonds is 1. The Balaban J connectivity index is 3.25. The summed E-state index contributed by atoms with van der Waals surface area (Å²) in [7, 11) is 0. The van der Waals surface area contributed by atoms with Crippen molar-refractivity contribution in [2.75, 3.05) is 0 Å². The maximum Gasteiger partial charge on any atom is 0.128 e. The first kappa shape index (κ1) is 8.49. The van der Waals surface area contributed by atoms with E-state index in [1.165, 1.54) is 6.07 Å². The van der Waals surface area contributed by atoms with Crippen LogP contribution in [0.15, 0.2) is 16.6 Å². The predicted octanol–water partition coefficient (Wildman–Crippen LogP) is 1.79. The SMILES string of the molecule is OCc1c(O)cc(F)cc1Br. The summed E-state index contributed by atoms with van der Waals surface area (Å²) >= 11 is 3.00. The minimum Gasteiger partial charge on any atom is -0.507 e. The van der Waals surface area contributed by atoms with E-state index in [0.717, 1.165) is 6.07 Å². The monoisotopic (exact) mass is 220 g/mol. The van der Waals surface area contributed by atoms with E-state index in [-0.39, 0.29) is 12.4 Å². The third-order valence-electron chi connectivity index (χ3n) is 1.29. The molecular formula is C7H6BrFO2. The lowest BCUT2D eigenvalue weighted by atomic mass is 10.2. The number of aliphatic hydroxyl groups excluding tert-OH is 1. The van der Waals surface area contributed by atoms with Crippen LogP contribution < -0.4 is 0 Å². The molecule has 0 amide bonds. The molecule has 0 spiro atoms. The van der Waals surface area contributed by atoms with Gasteiger partial charge in [0.15, 0.2) is 0 Å². The van der Waals surface area contributed by atoms with Crippen LogP contribution in [0, 0.1) is 5.82 Å². The Labute approximate surface area is 71.4 Å². The molecule has 0 saturated heterocycles. The normalized spacial score (nSPS) is 10.1. The van der Waals surface area contributed by atoms with Gasteiger partial charge in [-0.1, -0.05) is 15.9 Å². The number of halogens is 2. The number of phenols is 1. The summed E-state index contributed by atoms with van der Waals surface area (Å²) in [5.41, 5.74) is 0.298. The van der Waals surface area contributed by atoms with Crippen molar-refractivity contribution in [3.63, 3.8) is 0 Å². The average Bonchev–Trinajstić information content (AvgIpc) is 1.85. The van der Waals surface area contributed by atoms with E-state index in [4.69, 9.17) is 10.2 Å². The van der Waals surface area contributed by atoms with Crippen molar-refractivity contribution in [1.82, 2.24) is 0 Å². The summed E-state index contributed by atoms with van der Waals surface area (Å²) in [4.78, 5) is 0. The highest BCUT2D eigenvalue weighted by atomic mass is 79.9. The van der Waals surface area contributed by atoms with Crippen molar-refractivity contribution < 1.29 is 14.6 Å². The van der Waals surface area contributed by atoms with Crippen LogP contribution in [0.4, 0.5) is 4.39 Å². The summed E-state index contributed by atoms with van der Waals surface area (Å²) in [6.45, 7) is -0.313. The zero-order chi connectivity index (χ0) is 8.43. The highest BCUT2D eigenvalue weighted by Gasteiger charge is 2.06. The van der Waals surface area contributed by atoms with Gasteiger partial charge >= 0.3 is 0 Å². The summed E-state index contributed by atoms with van der Waals surface area (Å²) in [6.07, 6.45) is 0. The molecule has 0 heterocycles. The molecular weight excluding hydrogens is 215 g/mol. The molecule has 2 nitrogen and oxygen atoms in total. The highest BCUT2D eigenvalue weighted by molar-refractivity contribution is 9.10. The topological polar surface area (TPSA) is 40.5 Å². The molecule has 0 aliphatic heterocycles. The van der Waals surface area contributed by atoms with E-state index in [9.17, 15) is 4.39 Å². The van der Waals surface area contributed by atoms with Crippen molar-refractivity contribution in [3.8, 4) is 5.75 Å². The number of hydrogen-bond donors (Lipinski definition) is 2. The van der Waals surface area contributed by atoms with Gasteiger partial charge in [-0.3, -0.25) is 0 Å². The largest absolute Gasteiger partial charge is 0.507 e. The molecule has 0 saturated carbocycles. The van der Waals surface area contributed by atoms with Crippen molar-refractivity contribution in [3.05, 3.63) is 28.0 Å². The van der Waals surface area contributed by atoms with Crippen LogP contribution in [0.2, 0.25) is 0 Å². The molecule has 0 aromatic heterocycles. The van der Waals surface area contributed by atoms with Gasteiger partial charge in [0, 0.05) is 16.1 Å². The second-order valence-electron chi connectivity index (χ2n) is 2.04. The van der Waals surface area contributed by atoms with Crippen LogP contribution in [0.25, 0.3) is 0 Å². The Bertz CT molecular complexity index is 252. The highest BCUT2D eigenvalue weighted by Crippen LogP contribution is 2.26. The molecule has 0 fully saturated rings. The second-order valence-corrected chi connectivity index (χ2v) is 2.90. The molecule has 2 N–H and O–H groups in total. The molecule has 0 bridgehead atoms. The van der Waals surface area contributed by atoms with E-state index < -0.39 is 5.82 Å². The van der Waals surface area contributed by atoms with Crippen LogP contribution in [-0.2, 0) is 6.61 Å². The van der Waals surface area contributed by atoms with E-state index in [1.54, 1.807) is 0 Å². The lowest BCUT2D eigenvalue weighted by molar-refractivity contribution is 0.274. The molecule has 60 valence electrons. The lowest BCUT2D eigenvalue weighted by Gasteiger charge is -2.02. The van der Waals surface area contributed by atoms with E-state index in [2.05, 4.69) is 15.9 Å². The number of benzene rings is 1. The standard InChI is InChI=1S/C7H6BrFO2/c8-6-1-4(9)2-7(11)5(6)3-10/h1-2,10-11H,3H2. The van der Waals surface area contributed by atoms with E-state index in [0.29, 0.717) is 10.0 Å². The van der Waals surface area contributed by atoms with Gasteiger partial charge in [0.1, 0.15) is 11.6 Å². The average molecular weight is 221 g/mol. The van der Waals surface area contributed by atoms with Crippen LogP contribution >= 0.6 is 15.9 Å². The van der Waals surface area contributed by atoms with Gasteiger partial charge < -0.3 is 10.2 Å². The van der Waals surface area contributed by atoms with Crippen LogP contribution in [0.5, 0.6) is 5.75 Å². The first-order valence-corrected chi connectivity index (χ1v) is 3.72. The minimum atomic E-state index is -0.536. The Hall–Kier alpha value is -0.610. The Morgan fingerprint density at radius 3 is 2.55 bits per heavy atom. The van der Waals surface area contributed by atoms with Gasteiger partial charge in [-0.2, -0.15) is 0 Å². The van der Waals surface area contributed by atoms with Crippen LogP contribution in [0.3, 0.4) is 0 Å². The minimum absolute atomic E-state index is 0.237. The molecule has 0 atom stereocenters. The molecule has 0 aliphatic rings. The van der Waals surface area contributed by atoms with Crippen molar-refractivity contribution in [2.45, 2.75) is 6.61 Å². The first-order chi connectivity index (χ1) is 5.15. The van der Waals surface area contributed by atoms with Crippen molar-refractivity contribution in [2.24, 2.45) is 0 Å². The molecule has 0 radical (unpaired) electrons. The van der Waals surface area contributed by atoms with E-state index in [1.807, 2.05) is 0 Å². The third-order valence-corrected chi connectivity index (χ3v) is 2.00. The fraction of sp³-hybridized carbons (Fsp3) is 0.143. The molecule has 4 heteroatoms. The number of aromatic hydroxyl groups is 1. The predicted molar refractivity (Wildman–Crippen MR) is 41.7 cm³/mol. The number of aliphatic hydroxyl groups is 1. The zero-order valence-electron chi connectivity index (χ0n) is 5.51. The van der Waals surface area contributed by atoms with Gasteiger partial charge in [-0.05, 0) is 6.07 Å². The molecule has 0 aliphatic carbocycles. The molecule has 1 rings (SSSR count). The maximum absolute atomic E-state index is 12.5. The zero-order valence-corrected chi connectivity index (χ0v) is 7.10. The Morgan fingerprint density at radius 1 is 1.45 bits per heavy atom. The van der Waals surface area contributed by atoms with Gasteiger partial charge in [0.25, 0.3) is 0 Å². The summed E-state index contributed by atoms with van der Waals surface area (Å²) in [5.74, 6) is -0.772. The smallest absolute Gasteiger partial charge is 0.128 e. The van der Waals surface area contributed by atoms with Gasteiger partial charge in [-0.25, -0.2) is 4.39 Å². The van der Waals surface area contributed by atoms with Crippen molar-refractivity contribution in [1.29, 1.82) is 0 Å². The Kier molecular flexibility index (Phi) is 2.46. The maximum atomic E-state index is 12.5. The third kappa shape index (κ3) is 1.70. The first-order valence-electron chi connectivity index (χ1n) is 2.93. The number of hydrogen-bond acceptors (Lipinski definition) is 2. The van der Waals surface area contributed by atoms with E-state index >= 15 is 0 Å². The van der Waals surface area contributed by atoms with Crippen molar-refractivity contribution >= 4 is 15.9 Å². The quantitative estimate of drug-likeness (QED) is 0.758. The van der Waals surface area contributed by atoms with Crippen LogP contribution in [0.1, 0.15) is 5.56 Å². The fourth-order valence-electron chi connectivity index (χ4n) is 0.746. The van der Waals surface area contributed by atoms with Gasteiger partial charge in [-0.15, -0.1) is 0 Å². The molecule has 1 aromatic rings. The lowest BCUT2D eigenvalue weighted by Crippen LogP contribution is -1.87. The molecule has 1 aromatic carbocycles. The summed E-state index contributed by atoms with van der Waals surface area (Å²) in [6, 6.07) is 2.14. The van der Waals surface area contributed by atoms with Gasteiger partial charge in [0.2, 0.25) is 0 Å². The fourth-order valence-corrected chi connectivity index (χ4v) is 1.29. The summed E-state index contributed by atoms with van der Waals surface area (Å²) < 4.78 is 12.8. The molecule has 11 heavy (non-hydrogen) atoms. The van der Waals surface area contributed by atoms with Crippen LogP contribution in [-0.4, -0.2) is 10.2 Å². The Morgan fingerprint density at radius 2 is 2.09 bits per heavy atom. The molecule has 0 unspecified atom stereocenters. The second kappa shape index (κ2) is 3.19.